The van der Waals surface area contributed by atoms with E-state index in [2.05, 4.69) is 25.8 Å². The van der Waals surface area contributed by atoms with Gasteiger partial charge in [0.1, 0.15) is 5.75 Å². The SMILES string of the molecule is COc1ccc([C@@H](C)NC(=O)c2ccc3c(c2)/C(=C/c2[nH]c(C)c(C(=O)NCCN4CCCC4)c2C)C(=O)N3)cc1. The second kappa shape index (κ2) is 12.0. The van der Waals surface area contributed by atoms with Gasteiger partial charge in [0, 0.05) is 41.3 Å². The first kappa shape index (κ1) is 28.2. The maximum atomic E-state index is 13.1. The lowest BCUT2D eigenvalue weighted by atomic mass is 10.0. The minimum Gasteiger partial charge on any atom is -0.497 e. The molecule has 3 aromatic rings. The molecule has 2 aromatic carbocycles. The van der Waals surface area contributed by atoms with Crippen molar-refractivity contribution < 1.29 is 19.1 Å². The normalized spacial score (nSPS) is 16.4. The number of aryl methyl sites for hydroxylation is 1. The Hall–Kier alpha value is -4.37. The molecule has 1 atom stereocenters. The average molecular weight is 556 g/mol. The molecule has 0 bridgehead atoms. The first-order chi connectivity index (χ1) is 19.7. The number of carbonyl (C=O) groups excluding carboxylic acids is 3. The number of H-pyrrole nitrogens is 1. The van der Waals surface area contributed by atoms with Crippen LogP contribution >= 0.6 is 0 Å². The van der Waals surface area contributed by atoms with E-state index in [4.69, 9.17) is 4.74 Å². The molecule has 5 rings (SSSR count). The van der Waals surface area contributed by atoms with Gasteiger partial charge in [-0.15, -0.1) is 0 Å². The van der Waals surface area contributed by atoms with E-state index in [0.717, 1.165) is 42.2 Å². The molecule has 2 aliphatic heterocycles. The molecule has 3 amide bonds. The van der Waals surface area contributed by atoms with Crippen LogP contribution in [0.4, 0.5) is 5.69 Å². The first-order valence-electron chi connectivity index (χ1n) is 14.1. The van der Waals surface area contributed by atoms with E-state index in [-0.39, 0.29) is 23.8 Å². The molecular weight excluding hydrogens is 518 g/mol. The fraction of sp³-hybridized carbons (Fsp3) is 0.344. The highest BCUT2D eigenvalue weighted by molar-refractivity contribution is 6.35. The Morgan fingerprint density at radius 1 is 1.07 bits per heavy atom. The highest BCUT2D eigenvalue weighted by atomic mass is 16.5. The van der Waals surface area contributed by atoms with E-state index in [9.17, 15) is 14.4 Å². The fourth-order valence-corrected chi connectivity index (χ4v) is 5.55. The number of amides is 3. The van der Waals surface area contributed by atoms with Crippen LogP contribution in [0.25, 0.3) is 11.6 Å². The third kappa shape index (κ3) is 6.05. The zero-order chi connectivity index (χ0) is 29.1. The number of ether oxygens (including phenoxy) is 1. The Labute approximate surface area is 240 Å². The van der Waals surface area contributed by atoms with Crippen LogP contribution < -0.4 is 20.7 Å². The Balaban J connectivity index is 1.32. The fourth-order valence-electron chi connectivity index (χ4n) is 5.55. The van der Waals surface area contributed by atoms with Gasteiger partial charge in [-0.2, -0.15) is 0 Å². The summed E-state index contributed by atoms with van der Waals surface area (Å²) in [6.07, 6.45) is 4.19. The molecule has 4 N–H and O–H groups in total. The number of aromatic amines is 1. The number of hydrogen-bond donors (Lipinski definition) is 4. The standard InChI is InChI=1S/C32H37N5O4/c1-19-28(34-21(3)29(19)32(40)33-13-16-37-14-5-6-15-37)18-26-25-17-23(9-12-27(25)36-31(26)39)30(38)35-20(2)22-7-10-24(41-4)11-8-22/h7-12,17-18,20,34H,5-6,13-16H2,1-4H3,(H,33,40)(H,35,38)(H,36,39)/b26-18-/t20-/m1/s1. The van der Waals surface area contributed by atoms with Gasteiger partial charge in [0.2, 0.25) is 0 Å². The van der Waals surface area contributed by atoms with Crippen molar-refractivity contribution in [3.05, 3.63) is 81.7 Å². The summed E-state index contributed by atoms with van der Waals surface area (Å²) in [7, 11) is 1.61. The molecule has 0 saturated carbocycles. The summed E-state index contributed by atoms with van der Waals surface area (Å²) in [6, 6.07) is 12.5. The molecule has 9 heteroatoms. The molecule has 1 aromatic heterocycles. The summed E-state index contributed by atoms with van der Waals surface area (Å²) in [5, 5.41) is 8.95. The molecule has 3 heterocycles. The molecule has 0 aliphatic carbocycles. The number of hydrogen-bond acceptors (Lipinski definition) is 5. The number of nitrogens with zero attached hydrogens (tertiary/aromatic N) is 1. The Morgan fingerprint density at radius 2 is 1.80 bits per heavy atom. The van der Waals surface area contributed by atoms with Gasteiger partial charge < -0.3 is 30.6 Å². The minimum absolute atomic E-state index is 0.124. The number of aromatic nitrogens is 1. The van der Waals surface area contributed by atoms with Crippen LogP contribution in [0.1, 0.15) is 74.6 Å². The summed E-state index contributed by atoms with van der Waals surface area (Å²) in [4.78, 5) is 44.7. The Morgan fingerprint density at radius 3 is 2.51 bits per heavy atom. The van der Waals surface area contributed by atoms with Crippen LogP contribution in [-0.4, -0.2) is 60.9 Å². The van der Waals surface area contributed by atoms with E-state index in [0.29, 0.717) is 40.2 Å². The molecule has 214 valence electrons. The van der Waals surface area contributed by atoms with Crippen LogP contribution in [0.5, 0.6) is 5.75 Å². The zero-order valence-corrected chi connectivity index (χ0v) is 24.0. The lowest BCUT2D eigenvalue weighted by Crippen LogP contribution is -2.33. The second-order valence-corrected chi connectivity index (χ2v) is 10.7. The lowest BCUT2D eigenvalue weighted by molar-refractivity contribution is -0.110. The molecule has 41 heavy (non-hydrogen) atoms. The van der Waals surface area contributed by atoms with E-state index in [1.807, 2.05) is 45.0 Å². The van der Waals surface area contributed by atoms with Crippen LogP contribution in [0.15, 0.2) is 42.5 Å². The molecule has 2 aliphatic rings. The highest BCUT2D eigenvalue weighted by Crippen LogP contribution is 2.35. The van der Waals surface area contributed by atoms with Gasteiger partial charge in [-0.3, -0.25) is 14.4 Å². The predicted octanol–water partition coefficient (Wildman–Crippen LogP) is 4.45. The third-order valence-corrected chi connectivity index (χ3v) is 7.93. The smallest absolute Gasteiger partial charge is 0.256 e. The molecule has 0 spiro atoms. The maximum absolute atomic E-state index is 13.1. The van der Waals surface area contributed by atoms with Gasteiger partial charge in [-0.1, -0.05) is 12.1 Å². The van der Waals surface area contributed by atoms with Crippen molar-refractivity contribution >= 4 is 35.1 Å². The van der Waals surface area contributed by atoms with Gasteiger partial charge in [0.25, 0.3) is 17.7 Å². The number of anilines is 1. The van der Waals surface area contributed by atoms with Crippen molar-refractivity contribution in [1.82, 2.24) is 20.5 Å². The van der Waals surface area contributed by atoms with Crippen LogP contribution in [-0.2, 0) is 4.79 Å². The Kier molecular flexibility index (Phi) is 8.26. The van der Waals surface area contributed by atoms with E-state index < -0.39 is 0 Å². The lowest BCUT2D eigenvalue weighted by Gasteiger charge is -2.15. The first-order valence-corrected chi connectivity index (χ1v) is 14.1. The maximum Gasteiger partial charge on any atom is 0.256 e. The topological polar surface area (TPSA) is 116 Å². The minimum atomic E-state index is -0.257. The molecule has 1 fully saturated rings. The van der Waals surface area contributed by atoms with Crippen molar-refractivity contribution in [2.45, 2.75) is 39.7 Å². The summed E-state index contributed by atoms with van der Waals surface area (Å²) in [5.41, 5.74) is 5.92. The number of nitrogens with one attached hydrogen (secondary N) is 4. The van der Waals surface area contributed by atoms with Gasteiger partial charge in [-0.25, -0.2) is 0 Å². The van der Waals surface area contributed by atoms with E-state index in [1.54, 1.807) is 31.4 Å². The quantitative estimate of drug-likeness (QED) is 0.291. The van der Waals surface area contributed by atoms with Gasteiger partial charge in [-0.05, 0) is 94.2 Å². The number of benzene rings is 2. The van der Waals surface area contributed by atoms with Crippen LogP contribution in [0.2, 0.25) is 0 Å². The van der Waals surface area contributed by atoms with E-state index in [1.165, 1.54) is 12.8 Å². The van der Waals surface area contributed by atoms with Crippen molar-refractivity contribution in [2.75, 3.05) is 38.6 Å². The molecule has 0 radical (unpaired) electrons. The summed E-state index contributed by atoms with van der Waals surface area (Å²) in [6.45, 7) is 9.27. The third-order valence-electron chi connectivity index (χ3n) is 7.93. The van der Waals surface area contributed by atoms with Crippen LogP contribution in [0, 0.1) is 13.8 Å². The summed E-state index contributed by atoms with van der Waals surface area (Å²) >= 11 is 0. The van der Waals surface area contributed by atoms with Crippen molar-refractivity contribution in [3.8, 4) is 5.75 Å². The predicted molar refractivity (Wildman–Crippen MR) is 160 cm³/mol. The van der Waals surface area contributed by atoms with Gasteiger partial charge in [0.05, 0.1) is 24.3 Å². The number of fused-ring (bicyclic) bond motifs is 1. The number of rotatable bonds is 9. The Bertz CT molecular complexity index is 1500. The molecular formula is C32H37N5O4. The van der Waals surface area contributed by atoms with E-state index >= 15 is 0 Å². The average Bonchev–Trinajstić information content (AvgIpc) is 3.66. The van der Waals surface area contributed by atoms with Crippen LogP contribution in [0.3, 0.4) is 0 Å². The highest BCUT2D eigenvalue weighted by Gasteiger charge is 2.27. The summed E-state index contributed by atoms with van der Waals surface area (Å²) in [5.74, 6) is 0.128. The molecule has 1 saturated heterocycles. The summed E-state index contributed by atoms with van der Waals surface area (Å²) < 4.78 is 5.21. The van der Waals surface area contributed by atoms with Crippen molar-refractivity contribution in [2.24, 2.45) is 0 Å². The monoisotopic (exact) mass is 555 g/mol. The van der Waals surface area contributed by atoms with Gasteiger partial charge in [0.15, 0.2) is 0 Å². The molecule has 0 unspecified atom stereocenters. The largest absolute Gasteiger partial charge is 0.497 e. The number of likely N-dealkylation sites (tertiary alicyclic amines) is 1. The number of carbonyl (C=O) groups is 3. The van der Waals surface area contributed by atoms with Crippen molar-refractivity contribution in [3.63, 3.8) is 0 Å². The zero-order valence-electron chi connectivity index (χ0n) is 24.0. The number of methoxy groups -OCH3 is 1. The van der Waals surface area contributed by atoms with Crippen molar-refractivity contribution in [1.29, 1.82) is 0 Å². The molecule has 9 nitrogen and oxygen atoms in total. The van der Waals surface area contributed by atoms with Gasteiger partial charge >= 0.3 is 0 Å². The second-order valence-electron chi connectivity index (χ2n) is 10.7.